The lowest BCUT2D eigenvalue weighted by molar-refractivity contribution is -0.385. The average Bonchev–Trinajstić information content (AvgIpc) is 3.09. The molecule has 0 unspecified atom stereocenters. The molecule has 1 fully saturated rings. The molecular weight excluding hydrogens is 327 g/mol. The van der Waals surface area contributed by atoms with Gasteiger partial charge in [-0.05, 0) is 12.1 Å². The number of nitrogens with zero attached hydrogens (tertiary/aromatic N) is 6. The van der Waals surface area contributed by atoms with Crippen molar-refractivity contribution in [3.63, 3.8) is 0 Å². The van der Waals surface area contributed by atoms with Gasteiger partial charge < -0.3 is 4.90 Å². The van der Waals surface area contributed by atoms with Crippen molar-refractivity contribution >= 4 is 11.4 Å². The molecule has 130 valence electrons. The summed E-state index contributed by atoms with van der Waals surface area (Å²) in [5.74, 6) is -0.497. The highest BCUT2D eigenvalue weighted by atomic mass is 19.1. The quantitative estimate of drug-likeness (QED) is 0.605. The van der Waals surface area contributed by atoms with Crippen LogP contribution in [0.15, 0.2) is 30.6 Å². The van der Waals surface area contributed by atoms with Crippen molar-refractivity contribution in [1.82, 2.24) is 14.7 Å². The van der Waals surface area contributed by atoms with Crippen molar-refractivity contribution in [3.05, 3.63) is 52.1 Å². The Balaban J connectivity index is 1.54. The minimum absolute atomic E-state index is 0.0139. The first-order valence-corrected chi connectivity index (χ1v) is 7.91. The van der Waals surface area contributed by atoms with Crippen LogP contribution in [0.2, 0.25) is 0 Å². The predicted molar refractivity (Wildman–Crippen MR) is 88.6 cm³/mol. The highest BCUT2D eigenvalue weighted by Crippen LogP contribution is 2.23. The van der Waals surface area contributed by atoms with E-state index in [4.69, 9.17) is 5.26 Å². The lowest BCUT2D eigenvalue weighted by Gasteiger charge is -2.36. The summed E-state index contributed by atoms with van der Waals surface area (Å²) in [5, 5.41) is 23.8. The van der Waals surface area contributed by atoms with Crippen LogP contribution < -0.4 is 4.90 Å². The second kappa shape index (κ2) is 7.27. The summed E-state index contributed by atoms with van der Waals surface area (Å²) in [6, 6.07) is 6.60. The van der Waals surface area contributed by atoms with E-state index in [-0.39, 0.29) is 11.3 Å². The van der Waals surface area contributed by atoms with Crippen LogP contribution in [0.3, 0.4) is 0 Å². The number of rotatable bonds is 5. The van der Waals surface area contributed by atoms with Gasteiger partial charge in [0, 0.05) is 32.7 Å². The Bertz CT molecular complexity index is 807. The molecule has 1 aromatic carbocycles. The molecule has 0 amide bonds. The van der Waals surface area contributed by atoms with Crippen molar-refractivity contribution in [1.29, 1.82) is 5.26 Å². The zero-order valence-corrected chi connectivity index (χ0v) is 13.5. The van der Waals surface area contributed by atoms with Gasteiger partial charge in [0.15, 0.2) is 0 Å². The van der Waals surface area contributed by atoms with Gasteiger partial charge in [-0.25, -0.2) is 4.39 Å². The number of piperazine rings is 1. The minimum atomic E-state index is -0.497. The molecule has 0 atom stereocenters. The SMILES string of the molecule is N#Cc1c(F)cccc1N1CCN(CCn2cc([N+](=O)[O-])cn2)CC1. The molecule has 1 aliphatic heterocycles. The number of nitriles is 1. The van der Waals surface area contributed by atoms with E-state index < -0.39 is 10.7 Å². The van der Waals surface area contributed by atoms with E-state index in [1.54, 1.807) is 16.8 Å². The molecule has 9 heteroatoms. The van der Waals surface area contributed by atoms with Gasteiger partial charge in [-0.3, -0.25) is 19.7 Å². The summed E-state index contributed by atoms with van der Waals surface area (Å²) in [4.78, 5) is 14.4. The highest BCUT2D eigenvalue weighted by Gasteiger charge is 2.20. The van der Waals surface area contributed by atoms with Gasteiger partial charge in [0.25, 0.3) is 0 Å². The van der Waals surface area contributed by atoms with Crippen LogP contribution in [0, 0.1) is 27.3 Å². The first-order valence-electron chi connectivity index (χ1n) is 7.91. The largest absolute Gasteiger partial charge is 0.368 e. The third-order valence-corrected chi connectivity index (χ3v) is 4.29. The molecule has 1 aliphatic rings. The molecule has 0 saturated carbocycles. The van der Waals surface area contributed by atoms with E-state index in [9.17, 15) is 14.5 Å². The fraction of sp³-hybridized carbons (Fsp3) is 0.375. The maximum absolute atomic E-state index is 13.7. The molecule has 0 spiro atoms. The van der Waals surface area contributed by atoms with Crippen LogP contribution >= 0.6 is 0 Å². The monoisotopic (exact) mass is 344 g/mol. The Morgan fingerprint density at radius 1 is 1.28 bits per heavy atom. The summed E-state index contributed by atoms with van der Waals surface area (Å²) in [6.45, 7) is 4.21. The number of hydrogen-bond acceptors (Lipinski definition) is 6. The van der Waals surface area contributed by atoms with Crippen LogP contribution in [0.1, 0.15) is 5.56 Å². The van der Waals surface area contributed by atoms with Gasteiger partial charge >= 0.3 is 5.69 Å². The van der Waals surface area contributed by atoms with Gasteiger partial charge in [-0.2, -0.15) is 10.4 Å². The van der Waals surface area contributed by atoms with Gasteiger partial charge in [-0.1, -0.05) is 6.07 Å². The van der Waals surface area contributed by atoms with Crippen LogP contribution in [0.5, 0.6) is 0 Å². The zero-order chi connectivity index (χ0) is 17.8. The second-order valence-electron chi connectivity index (χ2n) is 5.79. The van der Waals surface area contributed by atoms with Gasteiger partial charge in [0.1, 0.15) is 29.8 Å². The lowest BCUT2D eigenvalue weighted by atomic mass is 10.1. The molecule has 8 nitrogen and oxygen atoms in total. The number of nitro groups is 1. The first kappa shape index (κ1) is 16.9. The lowest BCUT2D eigenvalue weighted by Crippen LogP contribution is -2.47. The highest BCUT2D eigenvalue weighted by molar-refractivity contribution is 5.60. The molecule has 0 aliphatic carbocycles. The normalized spacial score (nSPS) is 15.1. The van der Waals surface area contributed by atoms with Gasteiger partial charge in [0.05, 0.1) is 17.2 Å². The Kier molecular flexibility index (Phi) is 4.90. The van der Waals surface area contributed by atoms with Crippen molar-refractivity contribution in [2.45, 2.75) is 6.54 Å². The minimum Gasteiger partial charge on any atom is -0.368 e. The standard InChI is InChI=1S/C16H17FN6O2/c17-15-2-1-3-16(14(15)10-18)21-7-4-20(5-8-21)6-9-22-12-13(11-19-22)23(24)25/h1-3,11-12H,4-9H2. The van der Waals surface area contributed by atoms with Crippen molar-refractivity contribution in [2.24, 2.45) is 0 Å². The van der Waals surface area contributed by atoms with E-state index in [1.165, 1.54) is 18.5 Å². The molecule has 0 radical (unpaired) electrons. The van der Waals surface area contributed by atoms with E-state index in [1.807, 2.05) is 11.0 Å². The third kappa shape index (κ3) is 3.75. The second-order valence-corrected chi connectivity index (χ2v) is 5.79. The fourth-order valence-corrected chi connectivity index (χ4v) is 2.91. The van der Waals surface area contributed by atoms with Crippen molar-refractivity contribution in [3.8, 4) is 6.07 Å². The molecule has 1 saturated heterocycles. The average molecular weight is 344 g/mol. The molecule has 1 aromatic heterocycles. The Hall–Kier alpha value is -2.99. The fourth-order valence-electron chi connectivity index (χ4n) is 2.91. The summed E-state index contributed by atoms with van der Waals surface area (Å²) in [5.41, 5.74) is 0.699. The van der Waals surface area contributed by atoms with E-state index in [0.717, 1.165) is 19.6 Å². The number of benzene rings is 1. The molecule has 0 N–H and O–H groups in total. The first-order chi connectivity index (χ1) is 12.1. The maximum atomic E-state index is 13.7. The van der Waals surface area contributed by atoms with Gasteiger partial charge in [0.2, 0.25) is 0 Å². The molecule has 2 aromatic rings. The maximum Gasteiger partial charge on any atom is 0.306 e. The number of halogens is 1. The topological polar surface area (TPSA) is 91.2 Å². The molecule has 3 rings (SSSR count). The van der Waals surface area contributed by atoms with Crippen molar-refractivity contribution in [2.75, 3.05) is 37.6 Å². The third-order valence-electron chi connectivity index (χ3n) is 4.29. The zero-order valence-electron chi connectivity index (χ0n) is 13.5. The number of hydrogen-bond donors (Lipinski definition) is 0. The summed E-state index contributed by atoms with van der Waals surface area (Å²) in [6.07, 6.45) is 2.66. The van der Waals surface area contributed by atoms with E-state index in [2.05, 4.69) is 10.00 Å². The van der Waals surface area contributed by atoms with E-state index >= 15 is 0 Å². The molecule has 0 bridgehead atoms. The molecule has 25 heavy (non-hydrogen) atoms. The predicted octanol–water partition coefficient (Wildman–Crippen LogP) is 1.62. The van der Waals surface area contributed by atoms with Crippen LogP contribution in [-0.4, -0.2) is 52.3 Å². The van der Waals surface area contributed by atoms with Crippen LogP contribution in [0.4, 0.5) is 15.8 Å². The van der Waals surface area contributed by atoms with Crippen molar-refractivity contribution < 1.29 is 9.31 Å². The summed E-state index contributed by atoms with van der Waals surface area (Å²) < 4.78 is 15.3. The molecular formula is C16H17FN6O2. The Morgan fingerprint density at radius 3 is 2.68 bits per heavy atom. The number of aromatic nitrogens is 2. The van der Waals surface area contributed by atoms with Gasteiger partial charge in [-0.15, -0.1) is 0 Å². The Morgan fingerprint density at radius 2 is 2.04 bits per heavy atom. The number of anilines is 1. The van der Waals surface area contributed by atoms with E-state index in [0.29, 0.717) is 25.3 Å². The Labute approximate surface area is 143 Å². The van der Waals surface area contributed by atoms with Crippen LogP contribution in [-0.2, 0) is 6.54 Å². The smallest absolute Gasteiger partial charge is 0.306 e. The van der Waals surface area contributed by atoms with Crippen LogP contribution in [0.25, 0.3) is 0 Å². The summed E-state index contributed by atoms with van der Waals surface area (Å²) >= 11 is 0. The molecule has 2 heterocycles. The summed E-state index contributed by atoms with van der Waals surface area (Å²) in [7, 11) is 0.